The molecule has 4 aromatic rings. The van der Waals surface area contributed by atoms with Crippen LogP contribution >= 0.6 is 11.3 Å². The summed E-state index contributed by atoms with van der Waals surface area (Å²) in [5.41, 5.74) is 1.24. The molecule has 9 heteroatoms. The van der Waals surface area contributed by atoms with Crippen molar-refractivity contribution in [3.05, 3.63) is 71.0 Å². The predicted molar refractivity (Wildman–Crippen MR) is 91.3 cm³/mol. The Morgan fingerprint density at radius 3 is 2.41 bits per heavy atom. The molecule has 2 aromatic carbocycles. The number of rotatable bonds is 3. The van der Waals surface area contributed by atoms with Crippen molar-refractivity contribution in [2.45, 2.75) is 12.7 Å². The summed E-state index contributed by atoms with van der Waals surface area (Å²) < 4.78 is 66.3. The first-order chi connectivity index (χ1) is 12.8. The Balaban J connectivity index is 1.59. The van der Waals surface area contributed by atoms with E-state index in [4.69, 9.17) is 0 Å². The minimum absolute atomic E-state index is 0.276. The maximum Gasteiger partial charge on any atom is 0.416 e. The van der Waals surface area contributed by atoms with E-state index in [9.17, 15) is 22.0 Å². The quantitative estimate of drug-likeness (QED) is 0.429. The normalized spacial score (nSPS) is 12.0. The van der Waals surface area contributed by atoms with Crippen molar-refractivity contribution in [3.8, 4) is 10.6 Å². The molecule has 2 aromatic heterocycles. The van der Waals surface area contributed by atoms with E-state index in [0.29, 0.717) is 27.3 Å². The van der Waals surface area contributed by atoms with Crippen LogP contribution in [0.5, 0.6) is 0 Å². The van der Waals surface area contributed by atoms with E-state index in [1.165, 1.54) is 29.8 Å². The van der Waals surface area contributed by atoms with Gasteiger partial charge in [-0.3, -0.25) is 0 Å². The number of imidazole rings is 1. The number of hydrogen-bond donors (Lipinski definition) is 0. The van der Waals surface area contributed by atoms with E-state index in [1.807, 2.05) is 0 Å². The fourth-order valence-corrected chi connectivity index (χ4v) is 3.48. The van der Waals surface area contributed by atoms with Crippen LogP contribution in [0.2, 0.25) is 0 Å². The summed E-state index contributed by atoms with van der Waals surface area (Å²) in [6, 6.07) is 6.86. The lowest BCUT2D eigenvalue weighted by Crippen LogP contribution is -2.04. The van der Waals surface area contributed by atoms with Crippen LogP contribution in [0.25, 0.3) is 21.6 Å². The Kier molecular flexibility index (Phi) is 4.18. The average Bonchev–Trinajstić information content (AvgIpc) is 3.23. The van der Waals surface area contributed by atoms with Gasteiger partial charge in [-0.05, 0) is 12.1 Å². The highest BCUT2D eigenvalue weighted by Crippen LogP contribution is 2.32. The van der Waals surface area contributed by atoms with Gasteiger partial charge in [0.25, 0.3) is 0 Å². The molecule has 4 rings (SSSR count). The van der Waals surface area contributed by atoms with E-state index in [-0.39, 0.29) is 6.54 Å². The van der Waals surface area contributed by atoms with Crippen molar-refractivity contribution in [3.63, 3.8) is 0 Å². The third kappa shape index (κ3) is 3.42. The zero-order chi connectivity index (χ0) is 19.2. The third-order valence-corrected chi connectivity index (χ3v) is 4.95. The smallest absolute Gasteiger partial charge is 0.324 e. The molecule has 2 heterocycles. The van der Waals surface area contributed by atoms with Crippen molar-refractivity contribution in [1.29, 1.82) is 0 Å². The minimum atomic E-state index is -4.39. The van der Waals surface area contributed by atoms with Gasteiger partial charge >= 0.3 is 6.18 Å². The van der Waals surface area contributed by atoms with Gasteiger partial charge in [-0.25, -0.2) is 18.7 Å². The van der Waals surface area contributed by atoms with E-state index in [0.717, 1.165) is 24.3 Å². The van der Waals surface area contributed by atoms with Gasteiger partial charge in [0.15, 0.2) is 11.6 Å². The highest BCUT2D eigenvalue weighted by atomic mass is 32.1. The molecule has 3 nitrogen and oxygen atoms in total. The molecule has 0 spiro atoms. The van der Waals surface area contributed by atoms with Crippen LogP contribution in [0.15, 0.2) is 48.1 Å². The number of alkyl halides is 3. The molecular weight excluding hydrogens is 385 g/mol. The zero-order valence-electron chi connectivity index (χ0n) is 13.5. The van der Waals surface area contributed by atoms with Crippen molar-refractivity contribution >= 4 is 22.4 Å². The number of aromatic nitrogens is 3. The molecular formula is C18H10F5N3S. The molecule has 0 amide bonds. The van der Waals surface area contributed by atoms with Crippen LogP contribution in [0.3, 0.4) is 0 Å². The summed E-state index contributed by atoms with van der Waals surface area (Å²) in [7, 11) is 0. The molecule has 138 valence electrons. The van der Waals surface area contributed by atoms with Gasteiger partial charge in [-0.2, -0.15) is 13.2 Å². The van der Waals surface area contributed by atoms with Crippen LogP contribution in [0.4, 0.5) is 22.0 Å². The van der Waals surface area contributed by atoms with Crippen LogP contribution in [-0.2, 0) is 12.7 Å². The molecule has 0 unspecified atom stereocenters. The fraction of sp³-hybridized carbons (Fsp3) is 0.111. The molecule has 0 saturated heterocycles. The number of nitrogens with zero attached hydrogens (tertiary/aromatic N) is 3. The Morgan fingerprint density at radius 2 is 1.70 bits per heavy atom. The van der Waals surface area contributed by atoms with Gasteiger partial charge in [-0.15, -0.1) is 11.3 Å². The molecule has 0 aliphatic rings. The third-order valence-electron chi connectivity index (χ3n) is 4.01. The maximum atomic E-state index is 13.5. The first kappa shape index (κ1) is 17.6. The van der Waals surface area contributed by atoms with Crippen molar-refractivity contribution in [2.75, 3.05) is 0 Å². The van der Waals surface area contributed by atoms with Crippen LogP contribution in [0.1, 0.15) is 11.3 Å². The molecule has 0 radical (unpaired) electrons. The lowest BCUT2D eigenvalue weighted by molar-refractivity contribution is -0.137. The largest absolute Gasteiger partial charge is 0.416 e. The van der Waals surface area contributed by atoms with Gasteiger partial charge in [0.05, 0.1) is 35.2 Å². The average molecular weight is 395 g/mol. The zero-order valence-corrected chi connectivity index (χ0v) is 14.3. The summed E-state index contributed by atoms with van der Waals surface area (Å²) in [5.74, 6) is -1.93. The topological polar surface area (TPSA) is 30.7 Å². The van der Waals surface area contributed by atoms with Crippen molar-refractivity contribution in [2.24, 2.45) is 0 Å². The van der Waals surface area contributed by atoms with E-state index in [1.54, 1.807) is 9.95 Å². The summed E-state index contributed by atoms with van der Waals surface area (Å²) in [4.78, 5) is 8.45. The number of fused-ring (bicyclic) bond motifs is 1. The maximum absolute atomic E-state index is 13.5. The fourth-order valence-electron chi connectivity index (χ4n) is 2.67. The van der Waals surface area contributed by atoms with E-state index in [2.05, 4.69) is 9.97 Å². The highest BCUT2D eigenvalue weighted by molar-refractivity contribution is 7.13. The van der Waals surface area contributed by atoms with Crippen LogP contribution in [0, 0.1) is 11.6 Å². The van der Waals surface area contributed by atoms with Gasteiger partial charge < -0.3 is 4.57 Å². The standard InChI is InChI=1S/C18H10F5N3S/c19-13-5-15-16(6-14(13)20)26(9-24-15)7-12-8-27-17(25-12)10-1-3-11(4-2-10)18(21,22)23/h1-6,8-9H,7H2. The first-order valence-electron chi connectivity index (χ1n) is 7.73. The lowest BCUT2D eigenvalue weighted by Gasteiger charge is -2.06. The molecule has 0 bridgehead atoms. The molecule has 0 saturated carbocycles. The van der Waals surface area contributed by atoms with Crippen molar-refractivity contribution in [1.82, 2.24) is 14.5 Å². The number of benzene rings is 2. The van der Waals surface area contributed by atoms with E-state index >= 15 is 0 Å². The number of halogens is 5. The molecule has 27 heavy (non-hydrogen) atoms. The summed E-state index contributed by atoms with van der Waals surface area (Å²) in [5, 5.41) is 2.33. The summed E-state index contributed by atoms with van der Waals surface area (Å²) >= 11 is 1.29. The Labute approximate surface area is 153 Å². The molecule has 0 aliphatic carbocycles. The highest BCUT2D eigenvalue weighted by Gasteiger charge is 2.30. The minimum Gasteiger partial charge on any atom is -0.324 e. The second kappa shape index (κ2) is 6.41. The van der Waals surface area contributed by atoms with Gasteiger partial charge in [-0.1, -0.05) is 12.1 Å². The molecule has 0 fully saturated rings. The second-order valence-electron chi connectivity index (χ2n) is 5.85. The first-order valence-corrected chi connectivity index (χ1v) is 8.61. The second-order valence-corrected chi connectivity index (χ2v) is 6.70. The van der Waals surface area contributed by atoms with E-state index < -0.39 is 23.4 Å². The number of hydrogen-bond acceptors (Lipinski definition) is 3. The molecule has 0 aliphatic heterocycles. The molecule has 0 N–H and O–H groups in total. The summed E-state index contributed by atoms with van der Waals surface area (Å²) in [6.45, 7) is 0.276. The van der Waals surface area contributed by atoms with Crippen LogP contribution in [-0.4, -0.2) is 14.5 Å². The Hall–Kier alpha value is -2.81. The lowest BCUT2D eigenvalue weighted by atomic mass is 10.1. The number of thiazole rings is 1. The van der Waals surface area contributed by atoms with Gasteiger partial charge in [0.1, 0.15) is 5.01 Å². The molecule has 0 atom stereocenters. The monoisotopic (exact) mass is 395 g/mol. The Bertz CT molecular complexity index is 1110. The van der Waals surface area contributed by atoms with Crippen molar-refractivity contribution < 1.29 is 22.0 Å². The van der Waals surface area contributed by atoms with Gasteiger partial charge in [0, 0.05) is 23.1 Å². The van der Waals surface area contributed by atoms with Gasteiger partial charge in [0.2, 0.25) is 0 Å². The van der Waals surface area contributed by atoms with Crippen LogP contribution < -0.4 is 0 Å². The SMILES string of the molecule is Fc1cc2ncn(Cc3csc(-c4ccc(C(F)(F)F)cc4)n3)c2cc1F. The summed E-state index contributed by atoms with van der Waals surface area (Å²) in [6.07, 6.45) is -2.93. The Morgan fingerprint density at radius 1 is 1.00 bits per heavy atom. The predicted octanol–water partition coefficient (Wildman–Crippen LogP) is 5.51.